The summed E-state index contributed by atoms with van der Waals surface area (Å²) in [5, 5.41) is 15.8. The normalized spacial score (nSPS) is 10.2. The molecule has 0 aliphatic carbocycles. The number of thioether (sulfide) groups is 1. The number of H-pyrrole nitrogens is 1. The lowest BCUT2D eigenvalue weighted by Gasteiger charge is -2.11. The molecule has 1 heterocycles. The van der Waals surface area contributed by atoms with E-state index in [0.29, 0.717) is 5.02 Å². The molecule has 0 unspecified atom stereocenters. The summed E-state index contributed by atoms with van der Waals surface area (Å²) in [6, 6.07) is 11.7. The van der Waals surface area contributed by atoms with Gasteiger partial charge in [-0.3, -0.25) is 0 Å². The van der Waals surface area contributed by atoms with Crippen LogP contribution in [0.25, 0.3) is 0 Å². The number of halogens is 3. The molecule has 0 spiro atoms. The lowest BCUT2D eigenvalue weighted by molar-refractivity contribution is -0.742. The van der Waals surface area contributed by atoms with Gasteiger partial charge in [0.2, 0.25) is 0 Å². The molecule has 148 valence electrons. The van der Waals surface area contributed by atoms with Gasteiger partial charge in [-0.05, 0) is 35.7 Å². The van der Waals surface area contributed by atoms with Crippen LogP contribution in [0, 0.1) is 10.1 Å². The third kappa shape index (κ3) is 7.24. The van der Waals surface area contributed by atoms with E-state index in [4.69, 9.17) is 50.1 Å². The lowest BCUT2D eigenvalue weighted by Crippen LogP contribution is -1.95. The first kappa shape index (κ1) is 22.4. The van der Waals surface area contributed by atoms with Gasteiger partial charge in [0.05, 0.1) is 10.0 Å². The van der Waals surface area contributed by atoms with Crippen molar-refractivity contribution in [3.8, 4) is 0 Å². The third-order valence-corrected chi connectivity index (χ3v) is 6.02. The molecule has 28 heavy (non-hydrogen) atoms. The Hall–Kier alpha value is -1.93. The van der Waals surface area contributed by atoms with Crippen LogP contribution < -0.4 is 0 Å². The molecule has 6 nitrogen and oxygen atoms in total. The van der Waals surface area contributed by atoms with Crippen molar-refractivity contribution in [3.63, 3.8) is 0 Å². The summed E-state index contributed by atoms with van der Waals surface area (Å²) in [6.45, 7) is 0. The van der Waals surface area contributed by atoms with Crippen molar-refractivity contribution in [3.05, 3.63) is 90.9 Å². The molecule has 0 bridgehead atoms. The smallest absolute Gasteiger partial charge is 0.291 e. The first-order valence-electron chi connectivity index (χ1n) is 8.02. The first-order valence-corrected chi connectivity index (χ1v) is 10.1. The van der Waals surface area contributed by atoms with Crippen LogP contribution in [0.5, 0.6) is 0 Å². The summed E-state index contributed by atoms with van der Waals surface area (Å²) in [5.74, 6) is 1.74. The highest BCUT2D eigenvalue weighted by atomic mass is 35.5. The molecular formula is C18H16Cl3N3O3S. The molecule has 0 fully saturated rings. The van der Waals surface area contributed by atoms with Gasteiger partial charge < -0.3 is 10.2 Å². The van der Waals surface area contributed by atoms with E-state index >= 15 is 0 Å². The predicted octanol–water partition coefficient (Wildman–Crippen LogP) is 6.10. The maximum atomic E-state index is 8.36. The van der Waals surface area contributed by atoms with Crippen molar-refractivity contribution in [2.75, 3.05) is 0 Å². The fourth-order valence-corrected chi connectivity index (χ4v) is 4.21. The molecule has 3 rings (SSSR count). The van der Waals surface area contributed by atoms with Crippen LogP contribution in [0.1, 0.15) is 17.0 Å². The fourth-order valence-electron chi connectivity index (χ4n) is 2.32. The summed E-state index contributed by atoms with van der Waals surface area (Å²) in [6.07, 6.45) is 5.21. The molecular weight excluding hydrogens is 445 g/mol. The van der Waals surface area contributed by atoms with Crippen LogP contribution in [0.4, 0.5) is 0 Å². The minimum atomic E-state index is -1.50. The molecule has 0 radical (unpaired) electrons. The van der Waals surface area contributed by atoms with Crippen molar-refractivity contribution in [2.24, 2.45) is 0 Å². The SMILES string of the molecule is Clc1ccc(CSc2c(Cl)ccc(CCc3ncc[nH]3)c2Cl)cc1.O=[N+]([O-])O. The van der Waals surface area contributed by atoms with Crippen LogP contribution >= 0.6 is 46.6 Å². The lowest BCUT2D eigenvalue weighted by atomic mass is 10.1. The average Bonchev–Trinajstić information content (AvgIpc) is 3.15. The van der Waals surface area contributed by atoms with Gasteiger partial charge in [0.25, 0.3) is 5.09 Å². The summed E-state index contributed by atoms with van der Waals surface area (Å²) in [5.41, 5.74) is 2.26. The van der Waals surface area contributed by atoms with Crippen LogP contribution in [-0.4, -0.2) is 20.3 Å². The monoisotopic (exact) mass is 459 g/mol. The predicted molar refractivity (Wildman–Crippen MR) is 112 cm³/mol. The van der Waals surface area contributed by atoms with E-state index in [0.717, 1.165) is 44.9 Å². The molecule has 2 aromatic carbocycles. The Morgan fingerprint density at radius 2 is 1.79 bits per heavy atom. The Morgan fingerprint density at radius 1 is 1.11 bits per heavy atom. The van der Waals surface area contributed by atoms with Crippen molar-refractivity contribution in [2.45, 2.75) is 23.5 Å². The van der Waals surface area contributed by atoms with E-state index in [2.05, 4.69) is 9.97 Å². The van der Waals surface area contributed by atoms with Crippen molar-refractivity contribution >= 4 is 46.6 Å². The number of aryl methyl sites for hydroxylation is 2. The number of nitrogens with zero attached hydrogens (tertiary/aromatic N) is 2. The Kier molecular flexibility index (Phi) is 8.92. The summed E-state index contributed by atoms with van der Waals surface area (Å²) in [7, 11) is 0. The highest BCUT2D eigenvalue weighted by molar-refractivity contribution is 7.98. The van der Waals surface area contributed by atoms with Gasteiger partial charge in [-0.2, -0.15) is 0 Å². The van der Waals surface area contributed by atoms with Gasteiger partial charge in [0.15, 0.2) is 0 Å². The van der Waals surface area contributed by atoms with Gasteiger partial charge in [0, 0.05) is 34.5 Å². The van der Waals surface area contributed by atoms with Crippen LogP contribution in [0.2, 0.25) is 15.1 Å². The first-order chi connectivity index (χ1) is 13.4. The number of nitrogens with one attached hydrogen (secondary N) is 1. The standard InChI is InChI=1S/C18H15Cl3N2S.HNO3/c19-14-5-1-12(2-6-14)11-24-18-15(20)7-3-13(17(18)21)4-8-16-22-9-10-23-16;2-1(3)4/h1-3,5-7,9-10H,4,8,11H2,(H,22,23);(H,2,3,4). The zero-order chi connectivity index (χ0) is 20.5. The van der Waals surface area contributed by atoms with E-state index in [1.165, 1.54) is 5.56 Å². The van der Waals surface area contributed by atoms with Gasteiger partial charge in [-0.25, -0.2) is 4.98 Å². The topological polar surface area (TPSA) is 92.0 Å². The molecule has 1 aromatic heterocycles. The van der Waals surface area contributed by atoms with Gasteiger partial charge in [0.1, 0.15) is 5.82 Å². The maximum absolute atomic E-state index is 8.36. The molecule has 2 N–H and O–H groups in total. The molecule has 0 aliphatic rings. The Morgan fingerprint density at radius 3 is 2.39 bits per heavy atom. The second-order valence-corrected chi connectivity index (χ2v) is 7.75. The second kappa shape index (κ2) is 11.2. The van der Waals surface area contributed by atoms with Crippen LogP contribution in [-0.2, 0) is 18.6 Å². The summed E-state index contributed by atoms with van der Waals surface area (Å²) < 4.78 is 0. The van der Waals surface area contributed by atoms with Crippen LogP contribution in [0.3, 0.4) is 0 Å². The Balaban J connectivity index is 0.000000640. The summed E-state index contributed by atoms with van der Waals surface area (Å²) in [4.78, 5) is 16.6. The number of aromatic nitrogens is 2. The second-order valence-electron chi connectivity index (χ2n) is 5.54. The van der Waals surface area contributed by atoms with E-state index in [-0.39, 0.29) is 0 Å². The van der Waals surface area contributed by atoms with E-state index in [1.807, 2.05) is 42.6 Å². The highest BCUT2D eigenvalue weighted by Gasteiger charge is 2.12. The molecule has 0 aliphatic heterocycles. The van der Waals surface area contributed by atoms with Crippen LogP contribution in [0.15, 0.2) is 53.7 Å². The molecule has 0 saturated heterocycles. The zero-order valence-electron chi connectivity index (χ0n) is 14.4. The van der Waals surface area contributed by atoms with Gasteiger partial charge in [-0.15, -0.1) is 21.9 Å². The minimum absolute atomic E-state index is 0.681. The van der Waals surface area contributed by atoms with Gasteiger partial charge in [-0.1, -0.05) is 53.0 Å². The van der Waals surface area contributed by atoms with E-state index < -0.39 is 5.09 Å². The van der Waals surface area contributed by atoms with Crippen molar-refractivity contribution < 1.29 is 10.3 Å². The van der Waals surface area contributed by atoms with Crippen molar-refractivity contribution in [1.29, 1.82) is 0 Å². The highest BCUT2D eigenvalue weighted by Crippen LogP contribution is 2.38. The number of imidazole rings is 1. The zero-order valence-corrected chi connectivity index (χ0v) is 17.5. The molecule has 3 aromatic rings. The molecule has 0 saturated carbocycles. The van der Waals surface area contributed by atoms with Crippen molar-refractivity contribution in [1.82, 2.24) is 9.97 Å². The molecule has 0 amide bonds. The number of benzene rings is 2. The van der Waals surface area contributed by atoms with Gasteiger partial charge >= 0.3 is 0 Å². The number of rotatable bonds is 6. The number of aromatic amines is 1. The quantitative estimate of drug-likeness (QED) is 0.263. The Bertz CT molecular complexity index is 902. The number of hydrogen-bond donors (Lipinski definition) is 2. The molecule has 0 atom stereocenters. The summed E-state index contributed by atoms with van der Waals surface area (Å²) >= 11 is 20.5. The minimum Gasteiger partial charge on any atom is -0.349 e. The maximum Gasteiger partial charge on any atom is 0.291 e. The third-order valence-electron chi connectivity index (χ3n) is 3.61. The van der Waals surface area contributed by atoms with E-state index in [1.54, 1.807) is 18.0 Å². The Labute approximate surface area is 181 Å². The van der Waals surface area contributed by atoms with E-state index in [9.17, 15) is 0 Å². The fraction of sp³-hybridized carbons (Fsp3) is 0.167. The molecule has 10 heteroatoms. The largest absolute Gasteiger partial charge is 0.349 e. The average molecular weight is 461 g/mol. The number of hydrogen-bond acceptors (Lipinski definition) is 4.